The van der Waals surface area contributed by atoms with Crippen LogP contribution in [0, 0.1) is 17.8 Å². The first-order chi connectivity index (χ1) is 27.5. The second kappa shape index (κ2) is 18.5. The lowest BCUT2D eigenvalue weighted by molar-refractivity contribution is -0.175. The van der Waals surface area contributed by atoms with Crippen LogP contribution < -0.4 is 15.4 Å². The van der Waals surface area contributed by atoms with Crippen LogP contribution in [-0.4, -0.2) is 83.9 Å². The molecule has 0 aromatic heterocycles. The topological polar surface area (TPSA) is 179 Å². The van der Waals surface area contributed by atoms with Crippen LogP contribution >= 0.6 is 11.8 Å². The summed E-state index contributed by atoms with van der Waals surface area (Å²) in [5.74, 6) is -6.59. The van der Waals surface area contributed by atoms with Crippen LogP contribution in [0.25, 0.3) is 0 Å². The Morgan fingerprint density at radius 1 is 0.833 bits per heavy atom. The van der Waals surface area contributed by atoms with E-state index in [4.69, 9.17) is 0 Å². The number of benzene rings is 2. The highest BCUT2D eigenvalue weighted by molar-refractivity contribution is 8.00. The van der Waals surface area contributed by atoms with E-state index in [0.29, 0.717) is 28.9 Å². The number of fused-ring (bicyclic) bond motifs is 1. The second-order valence-electron chi connectivity index (χ2n) is 18.6. The summed E-state index contributed by atoms with van der Waals surface area (Å²) in [5, 5.41) is 16.0. The van der Waals surface area contributed by atoms with E-state index >= 15 is 0 Å². The number of amides is 4. The largest absolute Gasteiger partial charge is 0.507 e. The highest BCUT2D eigenvalue weighted by Gasteiger charge is 2.51. The van der Waals surface area contributed by atoms with Gasteiger partial charge in [-0.05, 0) is 84.2 Å². The SMILES string of the molecule is CC(C)C(NC(=O)[C@@H]1C[C@@H]2CCCC[C@@H]2N1C(=O)[C@@H](NC(=O)c1ccc(S(=O)(=O)NC(=O)CSc2cc(C(C)(C)C)c(O)c(C(C)(C)C)c2)cc1)C(C)C)C(=O)C(F)(F)F. The molecule has 4 amide bonds. The number of alkyl halides is 3. The van der Waals surface area contributed by atoms with E-state index in [-0.39, 0.29) is 34.3 Å². The van der Waals surface area contributed by atoms with Crippen LogP contribution in [0.5, 0.6) is 5.75 Å². The smallest absolute Gasteiger partial charge is 0.452 e. The van der Waals surface area contributed by atoms with Crippen LogP contribution in [0.15, 0.2) is 46.2 Å². The van der Waals surface area contributed by atoms with Gasteiger partial charge >= 0.3 is 6.18 Å². The van der Waals surface area contributed by atoms with Crippen LogP contribution in [0.2, 0.25) is 0 Å². The van der Waals surface area contributed by atoms with Gasteiger partial charge in [0.2, 0.25) is 17.7 Å². The molecular formula is C43H59F3N4O8S2. The number of phenols is 1. The minimum Gasteiger partial charge on any atom is -0.507 e. The number of hydrogen-bond acceptors (Lipinski definition) is 9. The molecule has 4 rings (SSSR count). The zero-order valence-electron chi connectivity index (χ0n) is 36.0. The summed E-state index contributed by atoms with van der Waals surface area (Å²) >= 11 is 1.12. The van der Waals surface area contributed by atoms with Crippen molar-refractivity contribution in [2.75, 3.05) is 5.75 Å². The van der Waals surface area contributed by atoms with Gasteiger partial charge in [-0.25, -0.2) is 13.1 Å². The summed E-state index contributed by atoms with van der Waals surface area (Å²) in [6, 6.07) is 3.78. The van der Waals surface area contributed by atoms with Crippen molar-refractivity contribution < 1.29 is 50.7 Å². The predicted molar refractivity (Wildman–Crippen MR) is 223 cm³/mol. The number of nitrogens with zero attached hydrogens (tertiary/aromatic N) is 1. The van der Waals surface area contributed by atoms with E-state index in [1.54, 1.807) is 26.0 Å². The highest BCUT2D eigenvalue weighted by atomic mass is 32.2. The van der Waals surface area contributed by atoms with Crippen molar-refractivity contribution in [3.05, 3.63) is 53.1 Å². The summed E-state index contributed by atoms with van der Waals surface area (Å²) in [6.07, 6.45) is -2.09. The quantitative estimate of drug-likeness (QED) is 0.158. The number of sulfonamides is 1. The Kier molecular flexibility index (Phi) is 14.9. The van der Waals surface area contributed by atoms with Crippen LogP contribution in [0.1, 0.15) is 123 Å². The number of likely N-dealkylation sites (tertiary alicyclic amines) is 1. The van der Waals surface area contributed by atoms with Gasteiger partial charge in [0, 0.05) is 27.6 Å². The maximum atomic E-state index is 14.4. The molecule has 2 aromatic carbocycles. The first-order valence-corrected chi connectivity index (χ1v) is 22.7. The van der Waals surface area contributed by atoms with Gasteiger partial charge in [0.05, 0.1) is 16.7 Å². The van der Waals surface area contributed by atoms with E-state index in [1.807, 2.05) is 41.5 Å². The van der Waals surface area contributed by atoms with Crippen molar-refractivity contribution in [1.29, 1.82) is 0 Å². The summed E-state index contributed by atoms with van der Waals surface area (Å²) in [5.41, 5.74) is 0.588. The molecule has 1 heterocycles. The van der Waals surface area contributed by atoms with Crippen molar-refractivity contribution >= 4 is 51.2 Å². The lowest BCUT2D eigenvalue weighted by Gasteiger charge is -2.37. The zero-order valence-corrected chi connectivity index (χ0v) is 37.6. The molecule has 0 radical (unpaired) electrons. The fraction of sp³-hybridized carbons (Fsp3) is 0.605. The zero-order chi connectivity index (χ0) is 45.3. The standard InChI is InChI=1S/C43H59F3N4O8S2/c1-23(2)34(37(53)43(44,45)46)47-39(55)32-19-26-13-11-12-14-31(26)50(32)40(56)35(24(3)4)48-38(54)25-15-17-28(18-16-25)60(57,58)49-33(51)22-59-27-20-29(41(5,6)7)36(52)30(21-27)42(8,9)10/h15-18,20-21,23-24,26,31-32,34-35,52H,11-14,19,22H2,1-10H3,(H,47,55)(H,48,54)(H,49,51)/t26-,31-,32-,34?,35-/m0/s1. The van der Waals surface area contributed by atoms with Gasteiger partial charge in [-0.1, -0.05) is 82.1 Å². The summed E-state index contributed by atoms with van der Waals surface area (Å²) < 4.78 is 68.8. The third-order valence-corrected chi connectivity index (χ3v) is 13.5. The van der Waals surface area contributed by atoms with Crippen LogP contribution in [0.3, 0.4) is 0 Å². The fourth-order valence-corrected chi connectivity index (χ4v) is 9.73. The lowest BCUT2D eigenvalue weighted by atomic mass is 9.79. The minimum absolute atomic E-state index is 0.00242. The number of aromatic hydroxyl groups is 1. The highest BCUT2D eigenvalue weighted by Crippen LogP contribution is 2.43. The van der Waals surface area contributed by atoms with Crippen LogP contribution in [0.4, 0.5) is 13.2 Å². The molecule has 332 valence electrons. The number of carbonyl (C=O) groups is 5. The molecule has 1 aliphatic carbocycles. The van der Waals surface area contributed by atoms with Crippen molar-refractivity contribution in [2.45, 2.75) is 152 Å². The molecule has 60 heavy (non-hydrogen) atoms. The Morgan fingerprint density at radius 2 is 1.37 bits per heavy atom. The molecule has 2 aromatic rings. The molecule has 1 aliphatic heterocycles. The summed E-state index contributed by atoms with van der Waals surface area (Å²) in [6.45, 7) is 17.9. The third kappa shape index (κ3) is 11.4. The van der Waals surface area contributed by atoms with Gasteiger partial charge < -0.3 is 20.6 Å². The van der Waals surface area contributed by atoms with E-state index in [0.717, 1.165) is 36.7 Å². The van der Waals surface area contributed by atoms with E-state index in [9.17, 15) is 50.7 Å². The first-order valence-electron chi connectivity index (χ1n) is 20.3. The van der Waals surface area contributed by atoms with Crippen LogP contribution in [-0.2, 0) is 40.0 Å². The van der Waals surface area contributed by atoms with Gasteiger partial charge in [-0.3, -0.25) is 24.0 Å². The molecule has 1 saturated carbocycles. The summed E-state index contributed by atoms with van der Waals surface area (Å²) in [7, 11) is -4.36. The molecule has 1 saturated heterocycles. The van der Waals surface area contributed by atoms with Gasteiger partial charge in [0.25, 0.3) is 21.7 Å². The molecular weight excluding hydrogens is 822 g/mol. The average molecular weight is 881 g/mol. The van der Waals surface area contributed by atoms with Crippen molar-refractivity contribution in [2.24, 2.45) is 17.8 Å². The number of phenolic OH excluding ortho intramolecular Hbond substituents is 1. The van der Waals surface area contributed by atoms with Crippen molar-refractivity contribution in [1.82, 2.24) is 20.3 Å². The molecule has 0 spiro atoms. The van der Waals surface area contributed by atoms with E-state index < -0.39 is 92.4 Å². The molecule has 2 aliphatic rings. The minimum atomic E-state index is -5.17. The lowest BCUT2D eigenvalue weighted by Crippen LogP contribution is -2.59. The van der Waals surface area contributed by atoms with E-state index in [1.165, 1.54) is 30.9 Å². The molecule has 17 heteroatoms. The number of ketones is 1. The molecule has 12 nitrogen and oxygen atoms in total. The Labute approximate surface area is 355 Å². The number of hydrogen-bond donors (Lipinski definition) is 4. The maximum absolute atomic E-state index is 14.4. The Morgan fingerprint density at radius 3 is 1.87 bits per heavy atom. The molecule has 1 unspecified atom stereocenters. The van der Waals surface area contributed by atoms with E-state index in [2.05, 4.69) is 15.4 Å². The third-order valence-electron chi connectivity index (χ3n) is 11.1. The van der Waals surface area contributed by atoms with Gasteiger partial charge in [-0.2, -0.15) is 13.2 Å². The molecule has 0 bridgehead atoms. The molecule has 2 fully saturated rings. The van der Waals surface area contributed by atoms with Crippen molar-refractivity contribution in [3.63, 3.8) is 0 Å². The Balaban J connectivity index is 1.47. The van der Waals surface area contributed by atoms with Gasteiger partial charge in [0.1, 0.15) is 17.8 Å². The van der Waals surface area contributed by atoms with Gasteiger partial charge in [-0.15, -0.1) is 11.8 Å². The predicted octanol–water partition coefficient (Wildman–Crippen LogP) is 6.77. The molecule has 4 N–H and O–H groups in total. The van der Waals surface area contributed by atoms with Crippen molar-refractivity contribution in [3.8, 4) is 5.75 Å². The van der Waals surface area contributed by atoms with Gasteiger partial charge in [0.15, 0.2) is 0 Å². The monoisotopic (exact) mass is 880 g/mol. The summed E-state index contributed by atoms with van der Waals surface area (Å²) in [4.78, 5) is 68.5. The number of Topliss-reactive ketones (excluding diaryl/α,β-unsaturated/α-hetero) is 1. The normalized spacial score (nSPS) is 19.7. The Hall–Kier alpha value is -4.12. The average Bonchev–Trinajstić information content (AvgIpc) is 3.53. The number of rotatable bonds is 13. The Bertz CT molecular complexity index is 2020. The number of carbonyl (C=O) groups excluding carboxylic acids is 5. The maximum Gasteiger partial charge on any atom is 0.452 e. The number of nitrogens with one attached hydrogen (secondary N) is 3. The number of thioether (sulfide) groups is 1. The second-order valence-corrected chi connectivity index (χ2v) is 21.3. The first kappa shape index (κ1) is 48.5. The fourth-order valence-electron chi connectivity index (χ4n) is 7.88. The molecule has 5 atom stereocenters. The number of halogens is 3.